The molecule has 5 heteroatoms. The minimum absolute atomic E-state index is 0.279. The van der Waals surface area contributed by atoms with Crippen molar-refractivity contribution in [1.82, 2.24) is 4.31 Å². The van der Waals surface area contributed by atoms with E-state index in [1.807, 2.05) is 32.9 Å². The zero-order valence-corrected chi connectivity index (χ0v) is 12.6. The third-order valence-electron chi connectivity index (χ3n) is 3.65. The van der Waals surface area contributed by atoms with Gasteiger partial charge < -0.3 is 5.32 Å². The van der Waals surface area contributed by atoms with Gasteiger partial charge in [-0.3, -0.25) is 0 Å². The molecule has 1 aliphatic rings. The van der Waals surface area contributed by atoms with Crippen molar-refractivity contribution in [2.75, 3.05) is 18.4 Å². The summed E-state index contributed by atoms with van der Waals surface area (Å²) >= 11 is 0. The van der Waals surface area contributed by atoms with Gasteiger partial charge in [-0.2, -0.15) is 4.31 Å². The van der Waals surface area contributed by atoms with E-state index in [1.165, 1.54) is 0 Å². The van der Waals surface area contributed by atoms with E-state index in [2.05, 4.69) is 5.32 Å². The summed E-state index contributed by atoms with van der Waals surface area (Å²) in [5.41, 5.74) is 0.668. The van der Waals surface area contributed by atoms with Gasteiger partial charge in [-0.05, 0) is 57.9 Å². The molecule has 0 unspecified atom stereocenters. The van der Waals surface area contributed by atoms with Gasteiger partial charge in [-0.15, -0.1) is 0 Å². The van der Waals surface area contributed by atoms with E-state index in [1.54, 1.807) is 16.4 Å². The summed E-state index contributed by atoms with van der Waals surface area (Å²) in [6.07, 6.45) is 1.85. The second-order valence-corrected chi connectivity index (χ2v) is 7.41. The second-order valence-electron chi connectivity index (χ2n) is 5.55. The van der Waals surface area contributed by atoms with Crippen molar-refractivity contribution in [2.24, 2.45) is 0 Å². The molecule has 1 heterocycles. The summed E-state index contributed by atoms with van der Waals surface area (Å²) < 4.78 is 26.9. The molecule has 0 bridgehead atoms. The van der Waals surface area contributed by atoms with E-state index < -0.39 is 10.0 Å². The molecule has 0 amide bonds. The van der Waals surface area contributed by atoms with Gasteiger partial charge in [0.1, 0.15) is 0 Å². The predicted molar refractivity (Wildman–Crippen MR) is 77.8 cm³/mol. The van der Waals surface area contributed by atoms with E-state index in [-0.39, 0.29) is 5.54 Å². The quantitative estimate of drug-likeness (QED) is 0.923. The van der Waals surface area contributed by atoms with Gasteiger partial charge in [0.2, 0.25) is 10.0 Å². The lowest BCUT2D eigenvalue weighted by Crippen LogP contribution is -2.42. The van der Waals surface area contributed by atoms with Crippen molar-refractivity contribution in [3.8, 4) is 0 Å². The highest BCUT2D eigenvalue weighted by atomic mass is 32.2. The van der Waals surface area contributed by atoms with Crippen molar-refractivity contribution >= 4 is 15.7 Å². The number of nitrogens with one attached hydrogen (secondary N) is 1. The Labute approximate surface area is 115 Å². The van der Waals surface area contributed by atoms with E-state index in [0.29, 0.717) is 11.4 Å². The Bertz CT molecular complexity index is 535. The molecule has 1 fully saturated rings. The summed E-state index contributed by atoms with van der Waals surface area (Å²) in [5, 5.41) is 3.16. The van der Waals surface area contributed by atoms with Crippen LogP contribution in [0, 0.1) is 0 Å². The molecule has 1 aromatic carbocycles. The standard InChI is InChI=1S/C14H22N2O2S/c1-4-15-12-6-8-13(9-7-12)19(17,18)16-11-5-10-14(16,2)3/h6-9,15H,4-5,10-11H2,1-3H3. The lowest BCUT2D eigenvalue weighted by molar-refractivity contribution is 0.292. The molecule has 1 aliphatic heterocycles. The van der Waals surface area contributed by atoms with E-state index in [0.717, 1.165) is 25.1 Å². The molecule has 1 saturated heterocycles. The Balaban J connectivity index is 2.29. The molecule has 0 radical (unpaired) electrons. The fourth-order valence-electron chi connectivity index (χ4n) is 2.60. The second kappa shape index (κ2) is 5.13. The smallest absolute Gasteiger partial charge is 0.243 e. The predicted octanol–water partition coefficient (Wildman–Crippen LogP) is 2.68. The molecule has 106 valence electrons. The zero-order chi connectivity index (χ0) is 14.1. The van der Waals surface area contributed by atoms with Crippen LogP contribution >= 0.6 is 0 Å². The van der Waals surface area contributed by atoms with Gasteiger partial charge in [-0.1, -0.05) is 0 Å². The lowest BCUT2D eigenvalue weighted by atomic mass is 10.0. The van der Waals surface area contributed by atoms with Crippen LogP contribution in [0.15, 0.2) is 29.2 Å². The fourth-order valence-corrected chi connectivity index (χ4v) is 4.45. The maximum absolute atomic E-state index is 12.6. The normalized spacial score (nSPS) is 19.5. The van der Waals surface area contributed by atoms with E-state index in [4.69, 9.17) is 0 Å². The summed E-state index contributed by atoms with van der Waals surface area (Å²) in [6, 6.07) is 7.00. The Morgan fingerprint density at radius 2 is 1.89 bits per heavy atom. The third kappa shape index (κ3) is 2.77. The van der Waals surface area contributed by atoms with Crippen molar-refractivity contribution < 1.29 is 8.42 Å². The molecule has 1 N–H and O–H groups in total. The summed E-state index contributed by atoms with van der Waals surface area (Å²) in [4.78, 5) is 0.379. The van der Waals surface area contributed by atoms with Crippen LogP contribution in [0.2, 0.25) is 0 Å². The maximum Gasteiger partial charge on any atom is 0.243 e. The number of nitrogens with zero attached hydrogens (tertiary/aromatic N) is 1. The number of anilines is 1. The Morgan fingerprint density at radius 3 is 2.37 bits per heavy atom. The summed E-state index contributed by atoms with van der Waals surface area (Å²) in [7, 11) is -3.37. The first-order valence-electron chi connectivity index (χ1n) is 6.75. The van der Waals surface area contributed by atoms with Gasteiger partial charge in [0.05, 0.1) is 4.90 Å². The van der Waals surface area contributed by atoms with Crippen LogP contribution in [0.4, 0.5) is 5.69 Å². The van der Waals surface area contributed by atoms with Gasteiger partial charge >= 0.3 is 0 Å². The van der Waals surface area contributed by atoms with Gasteiger partial charge in [0.25, 0.3) is 0 Å². The first kappa shape index (κ1) is 14.3. The molecular formula is C14H22N2O2S. The van der Waals surface area contributed by atoms with Gasteiger partial charge in [0.15, 0.2) is 0 Å². The highest BCUT2D eigenvalue weighted by molar-refractivity contribution is 7.89. The van der Waals surface area contributed by atoms with Crippen LogP contribution < -0.4 is 5.32 Å². The van der Waals surface area contributed by atoms with Crippen LogP contribution in [-0.4, -0.2) is 31.4 Å². The highest BCUT2D eigenvalue weighted by Gasteiger charge is 2.40. The van der Waals surface area contributed by atoms with Crippen LogP contribution in [0.1, 0.15) is 33.6 Å². The average Bonchev–Trinajstić information content (AvgIpc) is 2.71. The molecule has 2 rings (SSSR count). The molecule has 0 aromatic heterocycles. The van der Waals surface area contributed by atoms with E-state index >= 15 is 0 Å². The van der Waals surface area contributed by atoms with Crippen LogP contribution in [0.25, 0.3) is 0 Å². The topological polar surface area (TPSA) is 49.4 Å². The Morgan fingerprint density at radius 1 is 1.26 bits per heavy atom. The molecule has 0 aliphatic carbocycles. The molecule has 19 heavy (non-hydrogen) atoms. The van der Waals surface area contributed by atoms with Gasteiger partial charge in [0, 0.05) is 24.3 Å². The number of sulfonamides is 1. The zero-order valence-electron chi connectivity index (χ0n) is 11.8. The minimum Gasteiger partial charge on any atom is -0.385 e. The Hall–Kier alpha value is -1.07. The minimum atomic E-state index is -3.37. The molecule has 1 aromatic rings. The van der Waals surface area contributed by atoms with Crippen LogP contribution in [0.3, 0.4) is 0 Å². The molecule has 0 atom stereocenters. The summed E-state index contributed by atoms with van der Waals surface area (Å²) in [6.45, 7) is 7.43. The Kier molecular flexibility index (Phi) is 3.87. The van der Waals surface area contributed by atoms with Crippen LogP contribution in [-0.2, 0) is 10.0 Å². The molecule has 4 nitrogen and oxygen atoms in total. The molecular weight excluding hydrogens is 260 g/mol. The number of rotatable bonds is 4. The van der Waals surface area contributed by atoms with Crippen molar-refractivity contribution in [3.05, 3.63) is 24.3 Å². The first-order valence-corrected chi connectivity index (χ1v) is 8.19. The SMILES string of the molecule is CCNc1ccc(S(=O)(=O)N2CCCC2(C)C)cc1. The number of hydrogen-bond donors (Lipinski definition) is 1. The van der Waals surface area contributed by atoms with Crippen molar-refractivity contribution in [2.45, 2.75) is 44.0 Å². The molecule has 0 saturated carbocycles. The van der Waals surface area contributed by atoms with E-state index in [9.17, 15) is 8.42 Å². The molecule has 0 spiro atoms. The average molecular weight is 282 g/mol. The number of hydrogen-bond acceptors (Lipinski definition) is 3. The highest BCUT2D eigenvalue weighted by Crippen LogP contribution is 2.34. The summed E-state index contributed by atoms with van der Waals surface area (Å²) in [5.74, 6) is 0. The largest absolute Gasteiger partial charge is 0.385 e. The van der Waals surface area contributed by atoms with Crippen molar-refractivity contribution in [1.29, 1.82) is 0 Å². The fraction of sp³-hybridized carbons (Fsp3) is 0.571. The van der Waals surface area contributed by atoms with Crippen LogP contribution in [0.5, 0.6) is 0 Å². The monoisotopic (exact) mass is 282 g/mol. The lowest BCUT2D eigenvalue weighted by Gasteiger charge is -2.30. The maximum atomic E-state index is 12.6. The number of benzene rings is 1. The first-order chi connectivity index (χ1) is 8.88. The van der Waals surface area contributed by atoms with Gasteiger partial charge in [-0.25, -0.2) is 8.42 Å². The third-order valence-corrected chi connectivity index (χ3v) is 5.77. The van der Waals surface area contributed by atoms with Crippen molar-refractivity contribution in [3.63, 3.8) is 0 Å².